The van der Waals surface area contributed by atoms with Gasteiger partial charge in [0.05, 0.1) is 6.61 Å². The summed E-state index contributed by atoms with van der Waals surface area (Å²) in [6.07, 6.45) is 0. The molecule has 2 aromatic rings. The minimum atomic E-state index is -0.220. The number of rotatable bonds is 5. The van der Waals surface area contributed by atoms with E-state index in [0.29, 0.717) is 5.75 Å². The van der Waals surface area contributed by atoms with Crippen molar-refractivity contribution in [1.82, 2.24) is 0 Å². The molecule has 4 heteroatoms. The maximum Gasteiger partial charge on any atom is 0.262 e. The number of amides is 1. The number of hydrogen-bond donors (Lipinski definition) is 2. The van der Waals surface area contributed by atoms with Crippen molar-refractivity contribution in [3.05, 3.63) is 59.7 Å². The molecule has 2 rings (SSSR count). The molecule has 0 atom stereocenters. The molecule has 0 aliphatic heterocycles. The highest BCUT2D eigenvalue weighted by Gasteiger charge is 2.13. The van der Waals surface area contributed by atoms with Crippen LogP contribution in [0, 0.1) is 0 Å². The molecule has 0 spiro atoms. The van der Waals surface area contributed by atoms with Crippen LogP contribution in [0.3, 0.4) is 0 Å². The van der Waals surface area contributed by atoms with E-state index in [1.807, 2.05) is 24.3 Å². The first kappa shape index (κ1) is 17.0. The average molecular weight is 313 g/mol. The van der Waals surface area contributed by atoms with Crippen LogP contribution < -0.4 is 10.1 Å². The molecule has 0 saturated heterocycles. The molecule has 1 amide bonds. The Balaban J connectivity index is 1.89. The molecule has 0 saturated carbocycles. The number of nitrogens with one attached hydrogen (secondary N) is 1. The van der Waals surface area contributed by atoms with Crippen LogP contribution in [0.15, 0.2) is 48.5 Å². The van der Waals surface area contributed by atoms with Crippen molar-refractivity contribution in [3.8, 4) is 5.75 Å². The lowest BCUT2D eigenvalue weighted by Crippen LogP contribution is -2.20. The quantitative estimate of drug-likeness (QED) is 0.888. The first-order valence-corrected chi connectivity index (χ1v) is 7.61. The Hall–Kier alpha value is -2.33. The Morgan fingerprint density at radius 2 is 1.83 bits per heavy atom. The van der Waals surface area contributed by atoms with Crippen molar-refractivity contribution in [2.24, 2.45) is 0 Å². The molecule has 0 bridgehead atoms. The van der Waals surface area contributed by atoms with E-state index < -0.39 is 0 Å². The van der Waals surface area contributed by atoms with Crippen molar-refractivity contribution in [2.45, 2.75) is 32.8 Å². The van der Waals surface area contributed by atoms with Crippen LogP contribution >= 0.6 is 0 Å². The first-order valence-electron chi connectivity index (χ1n) is 7.61. The molecule has 0 aliphatic carbocycles. The second kappa shape index (κ2) is 7.29. The van der Waals surface area contributed by atoms with E-state index in [0.717, 1.165) is 11.3 Å². The van der Waals surface area contributed by atoms with Gasteiger partial charge in [0, 0.05) is 5.69 Å². The summed E-state index contributed by atoms with van der Waals surface area (Å²) in [5, 5.41) is 11.9. The van der Waals surface area contributed by atoms with Gasteiger partial charge < -0.3 is 15.2 Å². The second-order valence-corrected chi connectivity index (χ2v) is 6.47. The lowest BCUT2D eigenvalue weighted by atomic mass is 9.87. The van der Waals surface area contributed by atoms with E-state index >= 15 is 0 Å². The van der Waals surface area contributed by atoms with Crippen molar-refractivity contribution in [3.63, 3.8) is 0 Å². The van der Waals surface area contributed by atoms with Gasteiger partial charge in [-0.05, 0) is 40.8 Å². The van der Waals surface area contributed by atoms with Gasteiger partial charge in [-0.2, -0.15) is 0 Å². The zero-order valence-electron chi connectivity index (χ0n) is 13.8. The van der Waals surface area contributed by atoms with E-state index in [2.05, 4.69) is 26.1 Å². The van der Waals surface area contributed by atoms with Crippen molar-refractivity contribution in [2.75, 3.05) is 11.9 Å². The van der Waals surface area contributed by atoms with Crippen LogP contribution in [0.4, 0.5) is 5.69 Å². The Kier molecular flexibility index (Phi) is 5.40. The lowest BCUT2D eigenvalue weighted by Gasteiger charge is -2.19. The first-order chi connectivity index (χ1) is 10.9. The Labute approximate surface area is 137 Å². The molecule has 2 N–H and O–H groups in total. The van der Waals surface area contributed by atoms with Gasteiger partial charge in [-0.3, -0.25) is 4.79 Å². The van der Waals surface area contributed by atoms with Crippen LogP contribution in [0.25, 0.3) is 0 Å². The highest BCUT2D eigenvalue weighted by Crippen LogP contribution is 2.23. The molecule has 0 aromatic heterocycles. The molecule has 0 fully saturated rings. The summed E-state index contributed by atoms with van der Waals surface area (Å²) in [6.45, 7) is 6.32. The summed E-state index contributed by atoms with van der Waals surface area (Å²) in [6, 6.07) is 14.9. The molecule has 122 valence electrons. The summed E-state index contributed by atoms with van der Waals surface area (Å²) >= 11 is 0. The number of carbonyl (C=O) groups is 1. The molecular formula is C19H23NO3. The molecule has 2 aromatic carbocycles. The zero-order valence-corrected chi connectivity index (χ0v) is 13.8. The smallest absolute Gasteiger partial charge is 0.262 e. The van der Waals surface area contributed by atoms with Crippen molar-refractivity contribution >= 4 is 11.6 Å². The second-order valence-electron chi connectivity index (χ2n) is 6.47. The van der Waals surface area contributed by atoms with Crippen LogP contribution in [-0.2, 0) is 16.8 Å². The van der Waals surface area contributed by atoms with E-state index in [-0.39, 0.29) is 24.5 Å². The zero-order chi connectivity index (χ0) is 16.9. The topological polar surface area (TPSA) is 58.6 Å². The summed E-state index contributed by atoms with van der Waals surface area (Å²) < 4.78 is 5.44. The van der Waals surface area contributed by atoms with Gasteiger partial charge in [-0.25, -0.2) is 0 Å². The molecule has 0 aliphatic rings. The predicted octanol–water partition coefficient (Wildman–Crippen LogP) is 3.49. The maximum atomic E-state index is 11.9. The fraction of sp³-hybridized carbons (Fsp3) is 0.316. The van der Waals surface area contributed by atoms with Crippen molar-refractivity contribution in [1.29, 1.82) is 0 Å². The number of ether oxygens (including phenoxy) is 1. The molecule has 0 unspecified atom stereocenters. The number of carbonyl (C=O) groups excluding carboxylic acids is 1. The van der Waals surface area contributed by atoms with Gasteiger partial charge in [0.15, 0.2) is 6.61 Å². The monoisotopic (exact) mass is 313 g/mol. The van der Waals surface area contributed by atoms with E-state index in [1.54, 1.807) is 24.3 Å². The molecule has 23 heavy (non-hydrogen) atoms. The summed E-state index contributed by atoms with van der Waals surface area (Å²) in [5.74, 6) is 0.345. The molecule has 0 radical (unpaired) electrons. The number of aliphatic hydroxyl groups excluding tert-OH is 1. The minimum absolute atomic E-state index is 0.0521. The number of hydrogen-bond acceptors (Lipinski definition) is 3. The van der Waals surface area contributed by atoms with Gasteiger partial charge in [0.25, 0.3) is 5.91 Å². The van der Waals surface area contributed by atoms with Crippen LogP contribution in [0.2, 0.25) is 0 Å². The number of anilines is 1. The van der Waals surface area contributed by atoms with E-state index in [4.69, 9.17) is 9.84 Å². The fourth-order valence-corrected chi connectivity index (χ4v) is 2.13. The SMILES string of the molecule is CC(C)(C)c1ccc(NC(=O)COc2cccc(CO)c2)cc1. The average Bonchev–Trinajstić information content (AvgIpc) is 2.53. The normalized spacial score (nSPS) is 11.1. The largest absolute Gasteiger partial charge is 0.484 e. The molecular weight excluding hydrogens is 290 g/mol. The number of aliphatic hydroxyl groups is 1. The molecule has 4 nitrogen and oxygen atoms in total. The highest BCUT2D eigenvalue weighted by atomic mass is 16.5. The summed E-state index contributed by atoms with van der Waals surface area (Å²) in [7, 11) is 0. The maximum absolute atomic E-state index is 11.9. The third-order valence-corrected chi connectivity index (χ3v) is 3.49. The third kappa shape index (κ3) is 5.11. The van der Waals surface area contributed by atoms with Gasteiger partial charge in [0.2, 0.25) is 0 Å². The van der Waals surface area contributed by atoms with Gasteiger partial charge >= 0.3 is 0 Å². The van der Waals surface area contributed by atoms with Crippen LogP contribution in [0.1, 0.15) is 31.9 Å². The van der Waals surface area contributed by atoms with Gasteiger partial charge in [-0.15, -0.1) is 0 Å². The standard InChI is InChI=1S/C19H23NO3/c1-19(2,3)15-7-9-16(10-8-15)20-18(22)13-23-17-6-4-5-14(11-17)12-21/h4-11,21H,12-13H2,1-3H3,(H,20,22). The van der Waals surface area contributed by atoms with Gasteiger partial charge in [-0.1, -0.05) is 45.0 Å². The van der Waals surface area contributed by atoms with Gasteiger partial charge in [0.1, 0.15) is 5.75 Å². The highest BCUT2D eigenvalue weighted by molar-refractivity contribution is 5.91. The van der Waals surface area contributed by atoms with Crippen LogP contribution in [-0.4, -0.2) is 17.6 Å². The lowest BCUT2D eigenvalue weighted by molar-refractivity contribution is -0.118. The predicted molar refractivity (Wildman–Crippen MR) is 91.6 cm³/mol. The fourth-order valence-electron chi connectivity index (χ4n) is 2.13. The van der Waals surface area contributed by atoms with E-state index in [9.17, 15) is 4.79 Å². The summed E-state index contributed by atoms with van der Waals surface area (Å²) in [5.41, 5.74) is 2.80. The molecule has 0 heterocycles. The third-order valence-electron chi connectivity index (χ3n) is 3.49. The van der Waals surface area contributed by atoms with Crippen molar-refractivity contribution < 1.29 is 14.6 Å². The van der Waals surface area contributed by atoms with E-state index in [1.165, 1.54) is 5.56 Å². The minimum Gasteiger partial charge on any atom is -0.484 e. The number of benzene rings is 2. The Morgan fingerprint density at radius 3 is 2.43 bits per heavy atom. The Morgan fingerprint density at radius 1 is 1.13 bits per heavy atom. The Bertz CT molecular complexity index is 657. The van der Waals surface area contributed by atoms with Crippen LogP contribution in [0.5, 0.6) is 5.75 Å². The summed E-state index contributed by atoms with van der Waals surface area (Å²) in [4.78, 5) is 11.9.